The van der Waals surface area contributed by atoms with Crippen molar-refractivity contribution in [3.05, 3.63) is 36.4 Å². The van der Waals surface area contributed by atoms with Crippen molar-refractivity contribution < 1.29 is 9.21 Å². The van der Waals surface area contributed by atoms with Crippen LogP contribution in [0.5, 0.6) is 0 Å². The smallest absolute Gasteiger partial charge is 0.291 e. The third kappa shape index (κ3) is 3.08. The van der Waals surface area contributed by atoms with Crippen LogP contribution in [0.15, 0.2) is 29.4 Å². The van der Waals surface area contributed by atoms with Gasteiger partial charge in [-0.05, 0) is 25.2 Å². The van der Waals surface area contributed by atoms with Crippen molar-refractivity contribution in [3.8, 4) is 0 Å². The Hall–Kier alpha value is -2.44. The van der Waals surface area contributed by atoms with Crippen molar-refractivity contribution in [1.82, 2.24) is 19.9 Å². The summed E-state index contributed by atoms with van der Waals surface area (Å²) in [5, 5.41) is 3.06. The summed E-state index contributed by atoms with van der Waals surface area (Å²) in [5.41, 5.74) is 0.948. The van der Waals surface area contributed by atoms with Gasteiger partial charge in [-0.2, -0.15) is 0 Å². The number of hydrogen-bond acceptors (Lipinski definition) is 6. The lowest BCUT2D eigenvalue weighted by atomic mass is 9.93. The van der Waals surface area contributed by atoms with E-state index in [2.05, 4.69) is 20.3 Å². The molecule has 116 valence electrons. The predicted octanol–water partition coefficient (Wildman–Crippen LogP) is 1.60. The fraction of sp³-hybridized carbons (Fsp3) is 0.467. The van der Waals surface area contributed by atoms with E-state index in [0.29, 0.717) is 18.2 Å². The van der Waals surface area contributed by atoms with Crippen LogP contribution >= 0.6 is 0 Å². The van der Waals surface area contributed by atoms with Crippen molar-refractivity contribution in [1.29, 1.82) is 0 Å². The molecule has 0 saturated carbocycles. The van der Waals surface area contributed by atoms with Crippen LogP contribution in [0.4, 0.5) is 5.82 Å². The largest absolute Gasteiger partial charge is 0.438 e. The number of amides is 1. The van der Waals surface area contributed by atoms with Gasteiger partial charge in [-0.3, -0.25) is 9.78 Å². The normalized spacial score (nSPS) is 18.2. The van der Waals surface area contributed by atoms with Crippen molar-refractivity contribution >= 4 is 11.7 Å². The van der Waals surface area contributed by atoms with E-state index in [1.807, 2.05) is 11.9 Å². The number of carbonyl (C=O) groups excluding carboxylic acids is 1. The summed E-state index contributed by atoms with van der Waals surface area (Å²) in [6, 6.07) is 0. The van der Waals surface area contributed by atoms with Gasteiger partial charge in [0, 0.05) is 32.5 Å². The molecule has 1 aliphatic rings. The first-order valence-corrected chi connectivity index (χ1v) is 7.43. The summed E-state index contributed by atoms with van der Waals surface area (Å²) in [7, 11) is 1.84. The van der Waals surface area contributed by atoms with Gasteiger partial charge in [0.2, 0.25) is 5.76 Å². The SMILES string of the molecule is CNc1nccnc1CC1CCCN(C(=O)c2cnco2)C1. The molecule has 22 heavy (non-hydrogen) atoms. The van der Waals surface area contributed by atoms with Gasteiger partial charge in [0.1, 0.15) is 5.82 Å². The van der Waals surface area contributed by atoms with E-state index in [4.69, 9.17) is 4.42 Å². The van der Waals surface area contributed by atoms with Crippen LogP contribution in [0.1, 0.15) is 29.1 Å². The summed E-state index contributed by atoms with van der Waals surface area (Å²) in [4.78, 5) is 26.7. The fourth-order valence-corrected chi connectivity index (χ4v) is 2.89. The number of hydrogen-bond donors (Lipinski definition) is 1. The van der Waals surface area contributed by atoms with Crippen molar-refractivity contribution in [2.75, 3.05) is 25.5 Å². The van der Waals surface area contributed by atoms with E-state index in [-0.39, 0.29) is 5.91 Å². The highest BCUT2D eigenvalue weighted by molar-refractivity contribution is 5.91. The Morgan fingerprint density at radius 2 is 2.32 bits per heavy atom. The van der Waals surface area contributed by atoms with E-state index < -0.39 is 0 Å². The molecule has 1 unspecified atom stereocenters. The van der Waals surface area contributed by atoms with Gasteiger partial charge < -0.3 is 14.6 Å². The minimum Gasteiger partial charge on any atom is -0.438 e. The second-order valence-corrected chi connectivity index (χ2v) is 5.43. The summed E-state index contributed by atoms with van der Waals surface area (Å²) >= 11 is 0. The Morgan fingerprint density at radius 1 is 1.45 bits per heavy atom. The van der Waals surface area contributed by atoms with Crippen LogP contribution in [0.2, 0.25) is 0 Å². The van der Waals surface area contributed by atoms with Crippen LogP contribution in [-0.4, -0.2) is 45.9 Å². The molecule has 2 aromatic heterocycles. The average Bonchev–Trinajstić information content (AvgIpc) is 3.09. The first kappa shape index (κ1) is 14.5. The Morgan fingerprint density at radius 3 is 3.09 bits per heavy atom. The molecule has 0 radical (unpaired) electrons. The lowest BCUT2D eigenvalue weighted by Gasteiger charge is -2.32. The van der Waals surface area contributed by atoms with Gasteiger partial charge in [-0.25, -0.2) is 9.97 Å². The number of aromatic nitrogens is 3. The van der Waals surface area contributed by atoms with Crippen LogP contribution in [0.3, 0.4) is 0 Å². The van der Waals surface area contributed by atoms with Gasteiger partial charge >= 0.3 is 0 Å². The molecule has 1 N–H and O–H groups in total. The molecule has 3 heterocycles. The van der Waals surface area contributed by atoms with Crippen LogP contribution in [0, 0.1) is 5.92 Å². The van der Waals surface area contributed by atoms with E-state index >= 15 is 0 Å². The van der Waals surface area contributed by atoms with E-state index in [9.17, 15) is 4.79 Å². The summed E-state index contributed by atoms with van der Waals surface area (Å²) in [6.07, 6.45) is 9.01. The zero-order chi connectivity index (χ0) is 15.4. The van der Waals surface area contributed by atoms with Crippen LogP contribution < -0.4 is 5.32 Å². The number of piperidine rings is 1. The lowest BCUT2D eigenvalue weighted by Crippen LogP contribution is -2.40. The first-order valence-electron chi connectivity index (χ1n) is 7.43. The van der Waals surface area contributed by atoms with Gasteiger partial charge in [0.25, 0.3) is 5.91 Å². The highest BCUT2D eigenvalue weighted by atomic mass is 16.3. The zero-order valence-electron chi connectivity index (χ0n) is 12.5. The number of carbonyl (C=O) groups is 1. The molecule has 1 atom stereocenters. The summed E-state index contributed by atoms with van der Waals surface area (Å²) < 4.78 is 5.10. The zero-order valence-corrected chi connectivity index (χ0v) is 12.5. The number of oxazole rings is 1. The number of likely N-dealkylation sites (tertiary alicyclic amines) is 1. The molecule has 1 amide bonds. The average molecular weight is 301 g/mol. The third-order valence-electron chi connectivity index (χ3n) is 3.94. The molecule has 3 rings (SSSR count). The third-order valence-corrected chi connectivity index (χ3v) is 3.94. The fourth-order valence-electron chi connectivity index (χ4n) is 2.89. The maximum absolute atomic E-state index is 12.3. The Kier molecular flexibility index (Phi) is 4.32. The highest BCUT2D eigenvalue weighted by Crippen LogP contribution is 2.23. The molecule has 7 heteroatoms. The van der Waals surface area contributed by atoms with Gasteiger partial charge in [0.15, 0.2) is 6.39 Å². The first-order chi connectivity index (χ1) is 10.8. The lowest BCUT2D eigenvalue weighted by molar-refractivity contribution is 0.0641. The maximum Gasteiger partial charge on any atom is 0.291 e. The second-order valence-electron chi connectivity index (χ2n) is 5.43. The standard InChI is InChI=1S/C15H19N5O2/c1-16-14-12(18-4-5-19-14)7-11-3-2-6-20(9-11)15(21)13-8-17-10-22-13/h4-5,8,10-11H,2-3,6-7,9H2,1H3,(H,16,19). The molecule has 0 aromatic carbocycles. The number of nitrogens with one attached hydrogen (secondary N) is 1. The molecule has 0 bridgehead atoms. The molecule has 0 spiro atoms. The van der Waals surface area contributed by atoms with Crippen LogP contribution in [0.25, 0.3) is 0 Å². The quantitative estimate of drug-likeness (QED) is 0.923. The maximum atomic E-state index is 12.3. The Bertz CT molecular complexity index is 629. The number of nitrogens with zero attached hydrogens (tertiary/aromatic N) is 4. The molecule has 2 aromatic rings. The van der Waals surface area contributed by atoms with Gasteiger partial charge in [-0.1, -0.05) is 0 Å². The van der Waals surface area contributed by atoms with Gasteiger partial charge in [0.05, 0.1) is 11.9 Å². The van der Waals surface area contributed by atoms with Crippen LogP contribution in [-0.2, 0) is 6.42 Å². The molecule has 1 aliphatic heterocycles. The topological polar surface area (TPSA) is 84.2 Å². The highest BCUT2D eigenvalue weighted by Gasteiger charge is 2.27. The molecular weight excluding hydrogens is 282 g/mol. The van der Waals surface area contributed by atoms with Crippen molar-refractivity contribution in [2.24, 2.45) is 5.92 Å². The number of anilines is 1. The molecule has 7 nitrogen and oxygen atoms in total. The Balaban J connectivity index is 1.67. The monoisotopic (exact) mass is 301 g/mol. The molecule has 1 fully saturated rings. The van der Waals surface area contributed by atoms with Crippen molar-refractivity contribution in [3.63, 3.8) is 0 Å². The minimum absolute atomic E-state index is 0.0878. The molecule has 1 saturated heterocycles. The van der Waals surface area contributed by atoms with Gasteiger partial charge in [-0.15, -0.1) is 0 Å². The van der Waals surface area contributed by atoms with E-state index in [1.54, 1.807) is 12.4 Å². The predicted molar refractivity (Wildman–Crippen MR) is 80.4 cm³/mol. The van der Waals surface area contributed by atoms with E-state index in [1.165, 1.54) is 12.6 Å². The van der Waals surface area contributed by atoms with Crippen molar-refractivity contribution in [2.45, 2.75) is 19.3 Å². The summed E-state index contributed by atoms with van der Waals surface area (Å²) in [6.45, 7) is 1.47. The minimum atomic E-state index is -0.0878. The summed E-state index contributed by atoms with van der Waals surface area (Å²) in [5.74, 6) is 1.40. The number of rotatable bonds is 4. The van der Waals surface area contributed by atoms with E-state index in [0.717, 1.165) is 37.3 Å². The molecule has 0 aliphatic carbocycles. The second kappa shape index (κ2) is 6.55. The Labute approximate surface area is 128 Å². The molecular formula is C15H19N5O2.